The molecule has 0 radical (unpaired) electrons. The fourth-order valence-corrected chi connectivity index (χ4v) is 4.41. The summed E-state index contributed by atoms with van der Waals surface area (Å²) in [5.41, 5.74) is 2.37. The number of carbonyl (C=O) groups excluding carboxylic acids is 1. The van der Waals surface area contributed by atoms with E-state index in [2.05, 4.69) is 12.2 Å². The Morgan fingerprint density at radius 3 is 2.62 bits per heavy atom. The summed E-state index contributed by atoms with van der Waals surface area (Å²) in [4.78, 5) is 12.0. The highest BCUT2D eigenvalue weighted by Crippen LogP contribution is 2.25. The van der Waals surface area contributed by atoms with Crippen LogP contribution >= 0.6 is 0 Å². The van der Waals surface area contributed by atoms with Crippen LogP contribution in [-0.2, 0) is 21.2 Å². The van der Waals surface area contributed by atoms with Crippen LogP contribution in [-0.4, -0.2) is 33.2 Å². The SMILES string of the molecule is CCc1cccc(OCC(=O)Nc2ccc(N3CCCS3(=O)=O)cc2)c1. The maximum atomic E-state index is 12.0. The second-order valence-corrected chi connectivity index (χ2v) is 8.14. The molecule has 0 saturated carbocycles. The van der Waals surface area contributed by atoms with Crippen LogP contribution in [0.15, 0.2) is 48.5 Å². The van der Waals surface area contributed by atoms with E-state index in [1.807, 2.05) is 24.3 Å². The molecule has 26 heavy (non-hydrogen) atoms. The Kier molecular flexibility index (Phi) is 5.46. The van der Waals surface area contributed by atoms with Crippen LogP contribution in [0, 0.1) is 0 Å². The van der Waals surface area contributed by atoms with Gasteiger partial charge in [0, 0.05) is 12.2 Å². The molecule has 0 unspecified atom stereocenters. The van der Waals surface area contributed by atoms with Crippen LogP contribution in [0.25, 0.3) is 0 Å². The fraction of sp³-hybridized carbons (Fsp3) is 0.316. The number of hydrogen-bond donors (Lipinski definition) is 1. The average molecular weight is 374 g/mol. The van der Waals surface area contributed by atoms with Crippen molar-refractivity contribution in [3.05, 3.63) is 54.1 Å². The lowest BCUT2D eigenvalue weighted by molar-refractivity contribution is -0.118. The largest absolute Gasteiger partial charge is 0.484 e. The van der Waals surface area contributed by atoms with E-state index in [1.165, 1.54) is 4.31 Å². The molecule has 2 aromatic carbocycles. The van der Waals surface area contributed by atoms with Crippen molar-refractivity contribution in [3.8, 4) is 5.75 Å². The number of carbonyl (C=O) groups is 1. The first-order valence-corrected chi connectivity index (χ1v) is 10.2. The van der Waals surface area contributed by atoms with Crippen LogP contribution in [0.2, 0.25) is 0 Å². The van der Waals surface area contributed by atoms with Gasteiger partial charge in [0.1, 0.15) is 5.75 Å². The minimum atomic E-state index is -3.20. The maximum Gasteiger partial charge on any atom is 0.262 e. The van der Waals surface area contributed by atoms with E-state index in [0.29, 0.717) is 30.1 Å². The van der Waals surface area contributed by atoms with E-state index < -0.39 is 10.0 Å². The van der Waals surface area contributed by atoms with Gasteiger partial charge in [-0.05, 0) is 54.8 Å². The number of ether oxygens (including phenoxy) is 1. The van der Waals surface area contributed by atoms with Crippen molar-refractivity contribution in [3.63, 3.8) is 0 Å². The smallest absolute Gasteiger partial charge is 0.262 e. The fourth-order valence-electron chi connectivity index (χ4n) is 2.84. The molecule has 7 heteroatoms. The highest BCUT2D eigenvalue weighted by molar-refractivity contribution is 7.93. The summed E-state index contributed by atoms with van der Waals surface area (Å²) in [7, 11) is -3.20. The Balaban J connectivity index is 1.56. The standard InChI is InChI=1S/C19H22N2O4S/c1-2-15-5-3-6-18(13-15)25-14-19(22)20-16-7-9-17(10-8-16)21-11-4-12-26(21,23)24/h3,5-10,13H,2,4,11-12,14H2,1H3,(H,20,22). The van der Waals surface area contributed by atoms with Gasteiger partial charge in [0.15, 0.2) is 6.61 Å². The Bertz CT molecular complexity index is 879. The minimum Gasteiger partial charge on any atom is -0.484 e. The molecule has 1 fully saturated rings. The highest BCUT2D eigenvalue weighted by atomic mass is 32.2. The van der Waals surface area contributed by atoms with E-state index in [1.54, 1.807) is 24.3 Å². The van der Waals surface area contributed by atoms with Gasteiger partial charge in [-0.2, -0.15) is 0 Å². The van der Waals surface area contributed by atoms with Crippen LogP contribution in [0.5, 0.6) is 5.75 Å². The molecule has 0 atom stereocenters. The van der Waals surface area contributed by atoms with Crippen molar-refractivity contribution < 1.29 is 17.9 Å². The van der Waals surface area contributed by atoms with Crippen LogP contribution in [0.3, 0.4) is 0 Å². The molecule has 0 spiro atoms. The molecule has 1 heterocycles. The number of anilines is 2. The maximum absolute atomic E-state index is 12.0. The normalized spacial score (nSPS) is 15.7. The van der Waals surface area contributed by atoms with Gasteiger partial charge in [0.25, 0.3) is 5.91 Å². The van der Waals surface area contributed by atoms with E-state index in [4.69, 9.17) is 4.74 Å². The molecule has 3 rings (SSSR count). The van der Waals surface area contributed by atoms with Gasteiger partial charge >= 0.3 is 0 Å². The quantitative estimate of drug-likeness (QED) is 0.844. The van der Waals surface area contributed by atoms with Crippen molar-refractivity contribution in [1.29, 1.82) is 0 Å². The predicted molar refractivity (Wildman–Crippen MR) is 102 cm³/mol. The summed E-state index contributed by atoms with van der Waals surface area (Å²) in [5, 5.41) is 2.75. The summed E-state index contributed by atoms with van der Waals surface area (Å²) in [6, 6.07) is 14.4. The average Bonchev–Trinajstić information content (AvgIpc) is 3.00. The van der Waals surface area contributed by atoms with Crippen LogP contribution in [0.1, 0.15) is 18.9 Å². The number of benzene rings is 2. The number of nitrogens with one attached hydrogen (secondary N) is 1. The van der Waals surface area contributed by atoms with Gasteiger partial charge in [0.05, 0.1) is 11.4 Å². The van der Waals surface area contributed by atoms with Crippen LogP contribution in [0.4, 0.5) is 11.4 Å². The number of nitrogens with zero attached hydrogens (tertiary/aromatic N) is 1. The molecule has 1 aliphatic rings. The van der Waals surface area contributed by atoms with Gasteiger partial charge in [-0.1, -0.05) is 19.1 Å². The Labute approximate surface area is 153 Å². The summed E-state index contributed by atoms with van der Waals surface area (Å²) < 4.78 is 30.8. The predicted octanol–water partition coefficient (Wildman–Crippen LogP) is 2.81. The Morgan fingerprint density at radius 1 is 1.19 bits per heavy atom. The third-order valence-electron chi connectivity index (χ3n) is 4.21. The summed E-state index contributed by atoms with van der Waals surface area (Å²) in [5.74, 6) is 0.574. The monoisotopic (exact) mass is 374 g/mol. The van der Waals surface area contributed by atoms with Gasteiger partial charge in [-0.25, -0.2) is 8.42 Å². The van der Waals surface area contributed by atoms with Crippen molar-refractivity contribution in [2.45, 2.75) is 19.8 Å². The zero-order valence-corrected chi connectivity index (χ0v) is 15.5. The van der Waals surface area contributed by atoms with E-state index in [0.717, 1.165) is 12.0 Å². The van der Waals surface area contributed by atoms with Crippen molar-refractivity contribution in [2.75, 3.05) is 28.5 Å². The minimum absolute atomic E-state index is 0.0879. The van der Waals surface area contributed by atoms with Gasteiger partial charge in [0.2, 0.25) is 10.0 Å². The van der Waals surface area contributed by atoms with Crippen molar-refractivity contribution in [2.24, 2.45) is 0 Å². The number of hydrogen-bond acceptors (Lipinski definition) is 4. The first kappa shape index (κ1) is 18.3. The zero-order chi connectivity index (χ0) is 18.6. The van der Waals surface area contributed by atoms with Crippen molar-refractivity contribution in [1.82, 2.24) is 0 Å². The second-order valence-electron chi connectivity index (χ2n) is 6.13. The molecule has 1 aliphatic heterocycles. The summed E-state index contributed by atoms with van der Waals surface area (Å²) >= 11 is 0. The van der Waals surface area contributed by atoms with E-state index >= 15 is 0 Å². The third kappa shape index (κ3) is 4.35. The number of amides is 1. The molecular formula is C19H22N2O4S. The molecule has 2 aromatic rings. The van der Waals surface area contributed by atoms with E-state index in [9.17, 15) is 13.2 Å². The van der Waals surface area contributed by atoms with Crippen molar-refractivity contribution >= 4 is 27.3 Å². The van der Waals surface area contributed by atoms with Gasteiger partial charge in [-0.3, -0.25) is 9.10 Å². The van der Waals surface area contributed by atoms with Gasteiger partial charge < -0.3 is 10.1 Å². The number of rotatable bonds is 6. The lowest BCUT2D eigenvalue weighted by Crippen LogP contribution is -2.25. The summed E-state index contributed by atoms with van der Waals surface area (Å²) in [6.07, 6.45) is 1.54. The zero-order valence-electron chi connectivity index (χ0n) is 14.6. The van der Waals surface area contributed by atoms with Gasteiger partial charge in [-0.15, -0.1) is 0 Å². The Hall–Kier alpha value is -2.54. The highest BCUT2D eigenvalue weighted by Gasteiger charge is 2.28. The number of aryl methyl sites for hydroxylation is 1. The first-order valence-electron chi connectivity index (χ1n) is 8.60. The van der Waals surface area contributed by atoms with Crippen LogP contribution < -0.4 is 14.4 Å². The molecule has 1 amide bonds. The molecule has 0 aliphatic carbocycles. The second kappa shape index (κ2) is 7.78. The Morgan fingerprint density at radius 2 is 1.96 bits per heavy atom. The molecule has 6 nitrogen and oxygen atoms in total. The lowest BCUT2D eigenvalue weighted by Gasteiger charge is -2.17. The molecule has 138 valence electrons. The molecule has 1 saturated heterocycles. The topological polar surface area (TPSA) is 75.7 Å². The molecular weight excluding hydrogens is 352 g/mol. The molecule has 0 bridgehead atoms. The molecule has 1 N–H and O–H groups in total. The summed E-state index contributed by atoms with van der Waals surface area (Å²) in [6.45, 7) is 2.47. The number of sulfonamides is 1. The lowest BCUT2D eigenvalue weighted by atomic mass is 10.2. The first-order chi connectivity index (χ1) is 12.5. The molecule has 0 aromatic heterocycles. The van der Waals surface area contributed by atoms with E-state index in [-0.39, 0.29) is 18.3 Å². The third-order valence-corrected chi connectivity index (χ3v) is 6.08.